The molecule has 0 unspecified atom stereocenters. The molecule has 1 aromatic heterocycles. The van der Waals surface area contributed by atoms with E-state index in [1.165, 1.54) is 28.5 Å². The second-order valence-electron chi connectivity index (χ2n) is 4.84. The van der Waals surface area contributed by atoms with Crippen LogP contribution in [0, 0.1) is 0 Å². The molecule has 0 amide bonds. The normalized spacial score (nSPS) is 14.3. The summed E-state index contributed by atoms with van der Waals surface area (Å²) in [7, 11) is 1.70. The van der Waals surface area contributed by atoms with E-state index in [4.69, 9.17) is 9.72 Å². The van der Waals surface area contributed by atoms with Crippen LogP contribution in [0.3, 0.4) is 0 Å². The summed E-state index contributed by atoms with van der Waals surface area (Å²) in [6, 6.07) is 10.6. The number of ether oxygens (including phenoxy) is 1. The lowest BCUT2D eigenvalue weighted by molar-refractivity contribution is 0.415. The van der Waals surface area contributed by atoms with Crippen LogP contribution < -0.4 is 4.74 Å². The molecule has 3 heteroatoms. The third kappa shape index (κ3) is 1.27. The first-order valence-corrected chi connectivity index (χ1v) is 6.32. The molecule has 18 heavy (non-hydrogen) atoms. The molecule has 0 saturated carbocycles. The maximum atomic E-state index is 5.27. The van der Waals surface area contributed by atoms with Crippen molar-refractivity contribution in [3.8, 4) is 5.75 Å². The van der Waals surface area contributed by atoms with E-state index < -0.39 is 0 Å². The third-order valence-corrected chi connectivity index (χ3v) is 3.77. The summed E-state index contributed by atoms with van der Waals surface area (Å²) in [6.07, 6.45) is 2.33. The number of aromatic nitrogens is 2. The monoisotopic (exact) mass is 238 g/mol. The Kier molecular flexibility index (Phi) is 1.92. The van der Waals surface area contributed by atoms with Crippen molar-refractivity contribution in [3.05, 3.63) is 36.2 Å². The van der Waals surface area contributed by atoms with Crippen molar-refractivity contribution >= 4 is 21.8 Å². The third-order valence-electron chi connectivity index (χ3n) is 3.77. The fourth-order valence-electron chi connectivity index (χ4n) is 2.86. The summed E-state index contributed by atoms with van der Waals surface area (Å²) in [4.78, 5) is 4.72. The number of hydrogen-bond donors (Lipinski definition) is 0. The van der Waals surface area contributed by atoms with Gasteiger partial charge in [-0.05, 0) is 41.5 Å². The topological polar surface area (TPSA) is 27.1 Å². The minimum absolute atomic E-state index is 0.897. The molecule has 0 aliphatic carbocycles. The molecule has 4 rings (SSSR count). The van der Waals surface area contributed by atoms with Gasteiger partial charge in [-0.1, -0.05) is 6.07 Å². The first kappa shape index (κ1) is 9.95. The van der Waals surface area contributed by atoms with E-state index in [2.05, 4.69) is 28.8 Å². The van der Waals surface area contributed by atoms with Crippen LogP contribution in [0.2, 0.25) is 0 Å². The van der Waals surface area contributed by atoms with Gasteiger partial charge in [-0.3, -0.25) is 0 Å². The van der Waals surface area contributed by atoms with Crippen LogP contribution in [-0.4, -0.2) is 16.7 Å². The van der Waals surface area contributed by atoms with Crippen molar-refractivity contribution in [1.29, 1.82) is 0 Å². The van der Waals surface area contributed by atoms with E-state index >= 15 is 0 Å². The molecular weight excluding hydrogens is 224 g/mol. The van der Waals surface area contributed by atoms with Crippen LogP contribution in [0.15, 0.2) is 30.3 Å². The first-order chi connectivity index (χ1) is 8.85. The molecular formula is C15H14N2O. The van der Waals surface area contributed by atoms with Crippen LogP contribution in [0.5, 0.6) is 5.75 Å². The molecule has 2 aromatic carbocycles. The average Bonchev–Trinajstić information content (AvgIpc) is 2.96. The number of fused-ring (bicyclic) bond motifs is 4. The van der Waals surface area contributed by atoms with Crippen molar-refractivity contribution in [2.24, 2.45) is 0 Å². The predicted octanol–water partition coefficient (Wildman–Crippen LogP) is 3.14. The Morgan fingerprint density at radius 3 is 3.00 bits per heavy atom. The molecule has 0 saturated heterocycles. The van der Waals surface area contributed by atoms with Crippen LogP contribution in [0.1, 0.15) is 12.2 Å². The van der Waals surface area contributed by atoms with Crippen molar-refractivity contribution in [3.63, 3.8) is 0 Å². The average molecular weight is 238 g/mol. The number of methoxy groups -OCH3 is 1. The van der Waals surface area contributed by atoms with Gasteiger partial charge in [0, 0.05) is 13.0 Å². The number of hydrogen-bond acceptors (Lipinski definition) is 2. The van der Waals surface area contributed by atoms with Crippen LogP contribution in [0.4, 0.5) is 0 Å². The van der Waals surface area contributed by atoms with Crippen LogP contribution >= 0.6 is 0 Å². The molecule has 1 aliphatic rings. The maximum Gasteiger partial charge on any atom is 0.119 e. The Hall–Kier alpha value is -2.03. The quantitative estimate of drug-likeness (QED) is 0.651. The highest BCUT2D eigenvalue weighted by Crippen LogP contribution is 2.29. The van der Waals surface area contributed by atoms with Gasteiger partial charge in [-0.15, -0.1) is 0 Å². The standard InChI is InChI=1S/C15H14N2O/c1-18-12-5-4-10-9-14-13(8-11(10)7-12)16-15-3-2-6-17(14)15/h4-5,7-9H,2-3,6H2,1H3. The Bertz CT molecular complexity index is 758. The molecule has 0 spiro atoms. The maximum absolute atomic E-state index is 5.27. The lowest BCUT2D eigenvalue weighted by atomic mass is 10.1. The van der Waals surface area contributed by atoms with Gasteiger partial charge in [0.05, 0.1) is 18.1 Å². The zero-order chi connectivity index (χ0) is 12.1. The van der Waals surface area contributed by atoms with Crippen molar-refractivity contribution in [2.45, 2.75) is 19.4 Å². The van der Waals surface area contributed by atoms with Crippen molar-refractivity contribution in [1.82, 2.24) is 9.55 Å². The Labute approximate surface area is 105 Å². The molecule has 90 valence electrons. The lowest BCUT2D eigenvalue weighted by Gasteiger charge is -2.04. The number of imidazole rings is 1. The second kappa shape index (κ2) is 3.48. The van der Waals surface area contributed by atoms with E-state index in [1.807, 2.05) is 6.07 Å². The van der Waals surface area contributed by atoms with Crippen LogP contribution in [0.25, 0.3) is 21.8 Å². The van der Waals surface area contributed by atoms with Crippen molar-refractivity contribution < 1.29 is 4.74 Å². The molecule has 2 heterocycles. The summed E-state index contributed by atoms with van der Waals surface area (Å²) in [5.74, 6) is 2.13. The van der Waals surface area contributed by atoms with E-state index in [1.54, 1.807) is 7.11 Å². The molecule has 0 atom stereocenters. The summed E-state index contributed by atoms with van der Waals surface area (Å²) in [5, 5.41) is 2.44. The SMILES string of the molecule is COc1ccc2cc3c(cc2c1)nc1n3CCC1. The Morgan fingerprint density at radius 1 is 1.17 bits per heavy atom. The van der Waals surface area contributed by atoms with Gasteiger partial charge in [0.1, 0.15) is 11.6 Å². The Morgan fingerprint density at radius 2 is 2.11 bits per heavy atom. The minimum Gasteiger partial charge on any atom is -0.497 e. The number of benzene rings is 2. The van der Waals surface area contributed by atoms with Crippen molar-refractivity contribution in [2.75, 3.05) is 7.11 Å². The van der Waals surface area contributed by atoms with E-state index in [0.717, 1.165) is 24.2 Å². The van der Waals surface area contributed by atoms with Gasteiger partial charge in [-0.2, -0.15) is 0 Å². The summed E-state index contributed by atoms with van der Waals surface area (Å²) >= 11 is 0. The fraction of sp³-hybridized carbons (Fsp3) is 0.267. The van der Waals surface area contributed by atoms with E-state index in [0.29, 0.717) is 0 Å². The molecule has 3 nitrogen and oxygen atoms in total. The van der Waals surface area contributed by atoms with Gasteiger partial charge >= 0.3 is 0 Å². The number of rotatable bonds is 1. The highest BCUT2D eigenvalue weighted by Gasteiger charge is 2.16. The molecule has 0 bridgehead atoms. The smallest absolute Gasteiger partial charge is 0.119 e. The fourth-order valence-corrected chi connectivity index (χ4v) is 2.86. The number of nitrogens with zero attached hydrogens (tertiary/aromatic N) is 2. The number of aryl methyl sites for hydroxylation is 2. The summed E-state index contributed by atoms with van der Waals surface area (Å²) < 4.78 is 7.62. The molecule has 1 aliphatic heterocycles. The van der Waals surface area contributed by atoms with Gasteiger partial charge in [0.15, 0.2) is 0 Å². The largest absolute Gasteiger partial charge is 0.497 e. The minimum atomic E-state index is 0.897. The molecule has 0 fully saturated rings. The highest BCUT2D eigenvalue weighted by molar-refractivity contribution is 5.96. The van der Waals surface area contributed by atoms with E-state index in [9.17, 15) is 0 Å². The Balaban J connectivity index is 2.05. The van der Waals surface area contributed by atoms with E-state index in [-0.39, 0.29) is 0 Å². The molecule has 3 aromatic rings. The van der Waals surface area contributed by atoms with Gasteiger partial charge in [0.25, 0.3) is 0 Å². The second-order valence-corrected chi connectivity index (χ2v) is 4.84. The van der Waals surface area contributed by atoms with Crippen LogP contribution in [-0.2, 0) is 13.0 Å². The summed E-state index contributed by atoms with van der Waals surface area (Å²) in [5.41, 5.74) is 2.37. The molecule has 0 N–H and O–H groups in total. The first-order valence-electron chi connectivity index (χ1n) is 6.32. The summed E-state index contributed by atoms with van der Waals surface area (Å²) in [6.45, 7) is 1.10. The zero-order valence-electron chi connectivity index (χ0n) is 10.3. The lowest BCUT2D eigenvalue weighted by Crippen LogP contribution is -1.91. The highest BCUT2D eigenvalue weighted by atomic mass is 16.5. The zero-order valence-corrected chi connectivity index (χ0v) is 10.3. The van der Waals surface area contributed by atoms with Gasteiger partial charge < -0.3 is 9.30 Å². The van der Waals surface area contributed by atoms with Gasteiger partial charge in [-0.25, -0.2) is 4.98 Å². The molecule has 0 radical (unpaired) electrons. The van der Waals surface area contributed by atoms with Gasteiger partial charge in [0.2, 0.25) is 0 Å². The predicted molar refractivity (Wildman–Crippen MR) is 72.1 cm³/mol.